The summed E-state index contributed by atoms with van der Waals surface area (Å²) in [6, 6.07) is 62.0. The Bertz CT molecular complexity index is 3690. The van der Waals surface area contributed by atoms with Crippen molar-refractivity contribution in [3.63, 3.8) is 0 Å². The molecular weight excluding hydrogens is 699 g/mol. The second-order valence-corrected chi connectivity index (χ2v) is 14.9. The summed E-state index contributed by atoms with van der Waals surface area (Å²) in [5.74, 6) is 0.697. The molecule has 13 rings (SSSR count). The normalized spacial score (nSPS) is 12.2. The zero-order valence-corrected chi connectivity index (χ0v) is 30.4. The van der Waals surface area contributed by atoms with Gasteiger partial charge in [-0.05, 0) is 98.4 Å². The number of nitrogens with zero attached hydrogens (tertiary/aromatic N) is 3. The Kier molecular flexibility index (Phi) is 6.10. The lowest BCUT2D eigenvalue weighted by Crippen LogP contribution is -2.03. The second kappa shape index (κ2) is 11.4. The summed E-state index contributed by atoms with van der Waals surface area (Å²) in [5, 5.41) is 10.2. The van der Waals surface area contributed by atoms with Crippen LogP contribution in [0.4, 0.5) is 0 Å². The van der Waals surface area contributed by atoms with Crippen molar-refractivity contribution in [1.82, 2.24) is 14.5 Å². The van der Waals surface area contributed by atoms with E-state index in [0.717, 1.165) is 93.7 Å². The van der Waals surface area contributed by atoms with Crippen LogP contribution in [0.1, 0.15) is 0 Å². The number of aromatic nitrogens is 3. The summed E-state index contributed by atoms with van der Waals surface area (Å²) in [6.07, 6.45) is 0. The summed E-state index contributed by atoms with van der Waals surface area (Å²) in [7, 11) is 0. The lowest BCUT2D eigenvalue weighted by atomic mass is 9.95. The Balaban J connectivity index is 1.23. The third-order valence-electron chi connectivity index (χ3n) is 11.7. The molecule has 0 radical (unpaired) electrons. The Labute approximate surface area is 325 Å². The third-order valence-corrected chi connectivity index (χ3v) is 11.7. The molecule has 0 saturated heterocycles. The molecule has 0 spiro atoms. The van der Waals surface area contributed by atoms with Crippen LogP contribution < -0.4 is 0 Å². The number of hydrogen-bond donors (Lipinski definition) is 0. The first-order valence-electron chi connectivity index (χ1n) is 19.2. The van der Waals surface area contributed by atoms with E-state index in [1.54, 1.807) is 0 Å². The average molecular weight is 728 g/mol. The van der Waals surface area contributed by atoms with Crippen LogP contribution in [0.3, 0.4) is 0 Å². The van der Waals surface area contributed by atoms with Gasteiger partial charge in [-0.1, -0.05) is 121 Å². The van der Waals surface area contributed by atoms with E-state index in [-0.39, 0.29) is 0 Å². The molecule has 0 N–H and O–H groups in total. The van der Waals surface area contributed by atoms with Gasteiger partial charge in [0.2, 0.25) is 5.71 Å². The predicted octanol–water partition coefficient (Wildman–Crippen LogP) is 14.1. The molecular formula is C52H29N3O2. The summed E-state index contributed by atoms with van der Waals surface area (Å²) in [4.78, 5) is 11.1. The Morgan fingerprint density at radius 1 is 0.351 bits per heavy atom. The maximum Gasteiger partial charge on any atom is 0.248 e. The first-order valence-corrected chi connectivity index (χ1v) is 19.2. The Hall–Kier alpha value is -7.76. The largest absolute Gasteiger partial charge is 0.456 e. The molecule has 9 aromatic carbocycles. The van der Waals surface area contributed by atoms with Crippen molar-refractivity contribution in [1.29, 1.82) is 0 Å². The molecule has 13 aromatic rings. The Morgan fingerprint density at radius 3 is 1.65 bits per heavy atom. The van der Waals surface area contributed by atoms with E-state index in [0.29, 0.717) is 11.5 Å². The van der Waals surface area contributed by atoms with Gasteiger partial charge >= 0.3 is 0 Å². The van der Waals surface area contributed by atoms with Crippen LogP contribution in [0.5, 0.6) is 0 Å². The predicted molar refractivity (Wildman–Crippen MR) is 233 cm³/mol. The molecule has 0 aliphatic carbocycles. The lowest BCUT2D eigenvalue weighted by Gasteiger charge is -2.15. The maximum absolute atomic E-state index is 6.65. The summed E-state index contributed by atoms with van der Waals surface area (Å²) >= 11 is 0. The minimum Gasteiger partial charge on any atom is -0.456 e. The van der Waals surface area contributed by atoms with Crippen LogP contribution in [0.2, 0.25) is 0 Å². The number of hydrogen-bond acceptors (Lipinski definition) is 4. The molecule has 57 heavy (non-hydrogen) atoms. The minimum absolute atomic E-state index is 0.496. The van der Waals surface area contributed by atoms with Gasteiger partial charge in [-0.3, -0.25) is 4.57 Å². The topological polar surface area (TPSA) is 57.0 Å². The maximum atomic E-state index is 6.65. The summed E-state index contributed by atoms with van der Waals surface area (Å²) in [6.45, 7) is 0. The highest BCUT2D eigenvalue weighted by Gasteiger charge is 2.26. The number of fused-ring (bicyclic) bond motifs is 6. The average Bonchev–Trinajstić information content (AvgIpc) is 3.95. The standard InChI is InChI=1S/C52H29N3O2/c1-3-13-30(14-4-1)32-27-33(31-15-5-2-6-16-31)29-34(28-32)49-51(54-52-50(53-49)39-19-9-10-23-42(39)57-52)55-40-22-11-20-37-35-17-7-8-18-36(35)38-21-12-24-43-46(38)48-44(56-43)26-25-41(55)47(48)45(37)40/h1-29H. The molecule has 5 heteroatoms. The van der Waals surface area contributed by atoms with E-state index >= 15 is 0 Å². The van der Waals surface area contributed by atoms with E-state index in [4.69, 9.17) is 18.8 Å². The van der Waals surface area contributed by atoms with Crippen molar-refractivity contribution in [3.05, 3.63) is 176 Å². The molecule has 0 aliphatic heterocycles. The second-order valence-electron chi connectivity index (χ2n) is 14.9. The van der Waals surface area contributed by atoms with Gasteiger partial charge in [-0.2, -0.15) is 4.98 Å². The Morgan fingerprint density at radius 2 is 0.912 bits per heavy atom. The lowest BCUT2D eigenvalue weighted by molar-refractivity contribution is 0.652. The molecule has 0 fully saturated rings. The number of furan rings is 2. The van der Waals surface area contributed by atoms with Gasteiger partial charge in [0.25, 0.3) is 0 Å². The van der Waals surface area contributed by atoms with Crippen molar-refractivity contribution in [2.24, 2.45) is 0 Å². The third kappa shape index (κ3) is 4.28. The van der Waals surface area contributed by atoms with Crippen molar-refractivity contribution < 1.29 is 8.83 Å². The minimum atomic E-state index is 0.496. The molecule has 0 bridgehead atoms. The van der Waals surface area contributed by atoms with Crippen molar-refractivity contribution in [2.45, 2.75) is 0 Å². The summed E-state index contributed by atoms with van der Waals surface area (Å²) < 4.78 is 15.5. The highest BCUT2D eigenvalue weighted by molar-refractivity contribution is 6.38. The van der Waals surface area contributed by atoms with Gasteiger partial charge in [-0.15, -0.1) is 0 Å². The summed E-state index contributed by atoms with van der Waals surface area (Å²) in [5.41, 5.74) is 12.0. The van der Waals surface area contributed by atoms with Crippen LogP contribution in [-0.4, -0.2) is 14.5 Å². The van der Waals surface area contributed by atoms with Crippen LogP contribution in [-0.2, 0) is 0 Å². The van der Waals surface area contributed by atoms with Crippen molar-refractivity contribution in [3.8, 4) is 39.3 Å². The molecule has 264 valence electrons. The van der Waals surface area contributed by atoms with Crippen LogP contribution in [0.25, 0.3) is 127 Å². The van der Waals surface area contributed by atoms with Crippen LogP contribution >= 0.6 is 0 Å². The molecule has 4 heterocycles. The monoisotopic (exact) mass is 727 g/mol. The first kappa shape index (κ1) is 30.6. The number of benzene rings is 8. The van der Waals surface area contributed by atoms with Gasteiger partial charge in [0.15, 0.2) is 5.82 Å². The van der Waals surface area contributed by atoms with Gasteiger partial charge in [-0.25, -0.2) is 4.98 Å². The van der Waals surface area contributed by atoms with E-state index in [9.17, 15) is 0 Å². The molecule has 5 nitrogen and oxygen atoms in total. The molecule has 0 amide bonds. The quantitative estimate of drug-likeness (QED) is 0.181. The molecule has 0 unspecified atom stereocenters. The zero-order valence-electron chi connectivity index (χ0n) is 30.4. The molecule has 0 atom stereocenters. The van der Waals surface area contributed by atoms with Gasteiger partial charge in [0, 0.05) is 32.5 Å². The number of rotatable bonds is 4. The SMILES string of the molecule is c1ccc(-c2cc(-c3ccccc3)cc(-c3nc4c(nc3-n3c5cccc6c7ccccc7c7cccc8oc9ccc3c(c9c87)c65)oc3ccccc34)c2)cc1. The fraction of sp³-hybridized carbons (Fsp3) is 0. The van der Waals surface area contributed by atoms with E-state index in [1.807, 2.05) is 18.2 Å². The fourth-order valence-corrected chi connectivity index (χ4v) is 9.31. The smallest absolute Gasteiger partial charge is 0.248 e. The van der Waals surface area contributed by atoms with Crippen LogP contribution in [0, 0.1) is 0 Å². The van der Waals surface area contributed by atoms with Gasteiger partial charge in [0.1, 0.15) is 28.0 Å². The fourth-order valence-electron chi connectivity index (χ4n) is 9.31. The van der Waals surface area contributed by atoms with Crippen molar-refractivity contribution >= 4 is 87.5 Å². The zero-order chi connectivity index (χ0) is 37.2. The van der Waals surface area contributed by atoms with E-state index in [1.165, 1.54) is 21.5 Å². The molecule has 4 aromatic heterocycles. The van der Waals surface area contributed by atoms with Crippen LogP contribution in [0.15, 0.2) is 185 Å². The molecule has 0 saturated carbocycles. The number of para-hydroxylation sites is 1. The highest BCUT2D eigenvalue weighted by Crippen LogP contribution is 2.48. The van der Waals surface area contributed by atoms with Crippen molar-refractivity contribution in [2.75, 3.05) is 0 Å². The molecule has 0 aliphatic rings. The van der Waals surface area contributed by atoms with E-state index < -0.39 is 0 Å². The first-order chi connectivity index (χ1) is 28.3. The highest BCUT2D eigenvalue weighted by atomic mass is 16.3. The van der Waals surface area contributed by atoms with Gasteiger partial charge < -0.3 is 8.83 Å². The van der Waals surface area contributed by atoms with E-state index in [2.05, 4.69) is 162 Å². The van der Waals surface area contributed by atoms with Gasteiger partial charge in [0.05, 0.1) is 11.0 Å².